The molecule has 0 amide bonds. The molecule has 5 heteroatoms. The number of nitrogens with one attached hydrogen (secondary N) is 2. The highest BCUT2D eigenvalue weighted by molar-refractivity contribution is 7.80. The van der Waals surface area contributed by atoms with Crippen LogP contribution in [0.5, 0.6) is 0 Å². The maximum Gasteiger partial charge on any atom is 0.185 e. The molecule has 19 heavy (non-hydrogen) atoms. The second kappa shape index (κ2) is 6.30. The van der Waals surface area contributed by atoms with Gasteiger partial charge < -0.3 is 5.32 Å². The van der Waals surface area contributed by atoms with Crippen LogP contribution in [0.25, 0.3) is 0 Å². The van der Waals surface area contributed by atoms with Gasteiger partial charge in [-0.1, -0.05) is 6.42 Å². The van der Waals surface area contributed by atoms with Gasteiger partial charge in [0, 0.05) is 17.8 Å². The number of nitrogens with zero attached hydrogens (tertiary/aromatic N) is 1. The molecule has 1 fully saturated rings. The zero-order valence-electron chi connectivity index (χ0n) is 11.3. The third-order valence-corrected chi connectivity index (χ3v) is 3.72. The summed E-state index contributed by atoms with van der Waals surface area (Å²) in [5, 5.41) is 5.81. The summed E-state index contributed by atoms with van der Waals surface area (Å²) < 4.78 is 12.8. The van der Waals surface area contributed by atoms with Gasteiger partial charge in [0.05, 0.1) is 0 Å². The molecule has 1 heterocycles. The first kappa shape index (κ1) is 14.2. The maximum atomic E-state index is 12.8. The Bertz CT molecular complexity index is 425. The van der Waals surface area contributed by atoms with Gasteiger partial charge in [0.2, 0.25) is 0 Å². The number of rotatable bonds is 2. The average molecular weight is 281 g/mol. The lowest BCUT2D eigenvalue weighted by Gasteiger charge is -2.39. The van der Waals surface area contributed by atoms with Crippen molar-refractivity contribution >= 4 is 23.0 Å². The molecule has 1 saturated heterocycles. The van der Waals surface area contributed by atoms with E-state index >= 15 is 0 Å². The molecule has 2 N–H and O–H groups in total. The van der Waals surface area contributed by atoms with Gasteiger partial charge in [-0.05, 0) is 63.2 Å². The summed E-state index contributed by atoms with van der Waals surface area (Å²) in [4.78, 5) is 0. The molecule has 104 valence electrons. The van der Waals surface area contributed by atoms with Crippen molar-refractivity contribution in [3.8, 4) is 0 Å². The Labute approximate surface area is 119 Å². The number of piperidine rings is 1. The lowest BCUT2D eigenvalue weighted by molar-refractivity contribution is 0.0750. The number of hydrogen-bond donors (Lipinski definition) is 2. The normalized spacial score (nSPS) is 23.9. The van der Waals surface area contributed by atoms with Crippen molar-refractivity contribution < 1.29 is 4.39 Å². The Kier molecular flexibility index (Phi) is 4.71. The summed E-state index contributed by atoms with van der Waals surface area (Å²) in [6.45, 7) is 4.40. The quantitative estimate of drug-likeness (QED) is 0.814. The predicted octanol–water partition coefficient (Wildman–Crippen LogP) is 3.29. The Morgan fingerprint density at radius 2 is 1.79 bits per heavy atom. The fraction of sp³-hybridized carbons (Fsp3) is 0.500. The summed E-state index contributed by atoms with van der Waals surface area (Å²) in [7, 11) is 0. The van der Waals surface area contributed by atoms with Crippen LogP contribution in [0.1, 0.15) is 33.1 Å². The van der Waals surface area contributed by atoms with E-state index in [2.05, 4.69) is 29.6 Å². The number of benzene rings is 1. The molecule has 0 radical (unpaired) electrons. The van der Waals surface area contributed by atoms with E-state index in [1.165, 1.54) is 31.4 Å². The largest absolute Gasteiger partial charge is 0.332 e. The first-order chi connectivity index (χ1) is 9.06. The van der Waals surface area contributed by atoms with Crippen molar-refractivity contribution in [2.45, 2.75) is 45.2 Å². The molecular formula is C14H20FN3S. The Morgan fingerprint density at radius 1 is 1.21 bits per heavy atom. The van der Waals surface area contributed by atoms with Crippen LogP contribution in [0.15, 0.2) is 24.3 Å². The zero-order valence-corrected chi connectivity index (χ0v) is 12.1. The van der Waals surface area contributed by atoms with E-state index in [9.17, 15) is 4.39 Å². The molecule has 1 aliphatic rings. The molecule has 0 bridgehead atoms. The highest BCUT2D eigenvalue weighted by Gasteiger charge is 2.25. The topological polar surface area (TPSA) is 27.3 Å². The van der Waals surface area contributed by atoms with Gasteiger partial charge in [-0.25, -0.2) is 9.40 Å². The number of anilines is 1. The molecule has 2 atom stereocenters. The maximum absolute atomic E-state index is 12.8. The van der Waals surface area contributed by atoms with Crippen molar-refractivity contribution in [1.82, 2.24) is 10.4 Å². The number of hydrazine groups is 1. The first-order valence-electron chi connectivity index (χ1n) is 6.68. The standard InChI is InChI=1S/C14H20FN3S/c1-10-4-3-5-11(2)18(10)17-14(19)16-13-8-6-12(15)7-9-13/h6-11H,3-5H2,1-2H3,(H2,16,17,19). The minimum absolute atomic E-state index is 0.247. The van der Waals surface area contributed by atoms with Gasteiger partial charge in [0.1, 0.15) is 5.82 Å². The number of hydrogen-bond acceptors (Lipinski definition) is 2. The van der Waals surface area contributed by atoms with E-state index < -0.39 is 0 Å². The van der Waals surface area contributed by atoms with E-state index in [0.717, 1.165) is 5.69 Å². The van der Waals surface area contributed by atoms with E-state index in [1.54, 1.807) is 12.1 Å². The predicted molar refractivity (Wildman–Crippen MR) is 80.4 cm³/mol. The molecule has 0 aliphatic carbocycles. The first-order valence-corrected chi connectivity index (χ1v) is 7.08. The molecule has 0 saturated carbocycles. The molecule has 2 rings (SSSR count). The highest BCUT2D eigenvalue weighted by atomic mass is 32.1. The van der Waals surface area contributed by atoms with Gasteiger partial charge in [0.25, 0.3) is 0 Å². The van der Waals surface area contributed by atoms with Gasteiger partial charge >= 0.3 is 0 Å². The van der Waals surface area contributed by atoms with Crippen LogP contribution >= 0.6 is 12.2 Å². The molecule has 3 nitrogen and oxygen atoms in total. The van der Waals surface area contributed by atoms with E-state index in [1.807, 2.05) is 0 Å². The minimum atomic E-state index is -0.247. The molecule has 0 spiro atoms. The van der Waals surface area contributed by atoms with Crippen LogP contribution in [0.2, 0.25) is 0 Å². The fourth-order valence-electron chi connectivity index (χ4n) is 2.45. The molecule has 2 unspecified atom stereocenters. The van der Waals surface area contributed by atoms with E-state index in [4.69, 9.17) is 12.2 Å². The van der Waals surface area contributed by atoms with Crippen LogP contribution in [-0.4, -0.2) is 22.2 Å². The zero-order chi connectivity index (χ0) is 13.8. The average Bonchev–Trinajstić information content (AvgIpc) is 2.37. The Balaban J connectivity index is 1.91. The Morgan fingerprint density at radius 3 is 2.37 bits per heavy atom. The number of thiocarbonyl (C=S) groups is 1. The van der Waals surface area contributed by atoms with Gasteiger partial charge in [-0.15, -0.1) is 0 Å². The van der Waals surface area contributed by atoms with Crippen molar-refractivity contribution in [2.75, 3.05) is 5.32 Å². The SMILES string of the molecule is CC1CCCC(C)N1NC(=S)Nc1ccc(F)cc1. The Hall–Kier alpha value is -1.20. The van der Waals surface area contributed by atoms with Crippen LogP contribution in [-0.2, 0) is 0 Å². The third kappa shape index (κ3) is 3.88. The highest BCUT2D eigenvalue weighted by Crippen LogP contribution is 2.20. The van der Waals surface area contributed by atoms with Crippen LogP contribution in [0.4, 0.5) is 10.1 Å². The summed E-state index contributed by atoms with van der Waals surface area (Å²) in [6.07, 6.45) is 3.62. The lowest BCUT2D eigenvalue weighted by Crippen LogP contribution is -2.55. The monoisotopic (exact) mass is 281 g/mol. The molecular weight excluding hydrogens is 261 g/mol. The van der Waals surface area contributed by atoms with Gasteiger partial charge in [-0.3, -0.25) is 5.43 Å². The van der Waals surface area contributed by atoms with Crippen LogP contribution in [0, 0.1) is 5.82 Å². The number of halogens is 1. The fourth-order valence-corrected chi connectivity index (χ4v) is 2.67. The second-order valence-corrected chi connectivity index (χ2v) is 5.52. The van der Waals surface area contributed by atoms with Crippen LogP contribution < -0.4 is 10.7 Å². The van der Waals surface area contributed by atoms with Crippen molar-refractivity contribution in [1.29, 1.82) is 0 Å². The van der Waals surface area contributed by atoms with Gasteiger partial charge in [0.15, 0.2) is 5.11 Å². The summed E-state index contributed by atoms with van der Waals surface area (Å²) in [6, 6.07) is 7.11. The molecule has 0 aromatic heterocycles. The summed E-state index contributed by atoms with van der Waals surface area (Å²) in [5.74, 6) is -0.247. The van der Waals surface area contributed by atoms with E-state index in [-0.39, 0.29) is 5.82 Å². The van der Waals surface area contributed by atoms with Crippen LogP contribution in [0.3, 0.4) is 0 Å². The molecule has 1 aliphatic heterocycles. The second-order valence-electron chi connectivity index (χ2n) is 5.11. The van der Waals surface area contributed by atoms with Crippen molar-refractivity contribution in [3.63, 3.8) is 0 Å². The smallest absolute Gasteiger partial charge is 0.185 e. The summed E-state index contributed by atoms with van der Waals surface area (Å²) >= 11 is 5.30. The lowest BCUT2D eigenvalue weighted by atomic mass is 10.00. The minimum Gasteiger partial charge on any atom is -0.332 e. The molecule has 1 aromatic carbocycles. The molecule has 1 aromatic rings. The van der Waals surface area contributed by atoms with E-state index in [0.29, 0.717) is 17.2 Å². The summed E-state index contributed by atoms with van der Waals surface area (Å²) in [5.41, 5.74) is 4.03. The van der Waals surface area contributed by atoms with Crippen molar-refractivity contribution in [3.05, 3.63) is 30.1 Å². The van der Waals surface area contributed by atoms with Crippen molar-refractivity contribution in [2.24, 2.45) is 0 Å². The van der Waals surface area contributed by atoms with Gasteiger partial charge in [-0.2, -0.15) is 0 Å². The third-order valence-electron chi connectivity index (χ3n) is 3.53.